The number of rotatable bonds is 8. The molecule has 0 radical (unpaired) electrons. The van der Waals surface area contributed by atoms with Gasteiger partial charge < -0.3 is 54.7 Å². The molecular weight excluding hydrogens is 584 g/mol. The fourth-order valence-corrected chi connectivity index (χ4v) is 11.0. The Balaban J connectivity index is 1.12. The van der Waals surface area contributed by atoms with E-state index < -0.39 is 66.8 Å². The van der Waals surface area contributed by atoms with E-state index in [2.05, 4.69) is 33.4 Å². The highest BCUT2D eigenvalue weighted by molar-refractivity contribution is 5.29. The molecule has 2 heterocycles. The lowest BCUT2D eigenvalue weighted by molar-refractivity contribution is -0.299. The Bertz CT molecular complexity index is 1150. The van der Waals surface area contributed by atoms with Gasteiger partial charge in [0.25, 0.3) is 0 Å². The number of aliphatic hydroxyl groups excluding tert-OH is 7. The van der Waals surface area contributed by atoms with Gasteiger partial charge in [-0.25, -0.2) is 0 Å². The summed E-state index contributed by atoms with van der Waals surface area (Å²) in [5.74, 6) is -0.159. The average molecular weight is 639 g/mol. The van der Waals surface area contributed by atoms with E-state index in [0.29, 0.717) is 43.6 Å². The zero-order valence-corrected chi connectivity index (χ0v) is 27.0. The summed E-state index contributed by atoms with van der Waals surface area (Å²) >= 11 is 0. The number of methoxy groups -OCH3 is 1. The molecule has 0 aromatic rings. The van der Waals surface area contributed by atoms with E-state index in [1.54, 1.807) is 7.11 Å². The topological polar surface area (TPSA) is 179 Å². The Labute approximate surface area is 265 Å². The summed E-state index contributed by atoms with van der Waals surface area (Å²) in [6, 6.07) is 0. The van der Waals surface area contributed by atoms with Crippen molar-refractivity contribution in [1.29, 1.82) is 0 Å². The molecule has 256 valence electrons. The van der Waals surface area contributed by atoms with Crippen molar-refractivity contribution in [3.63, 3.8) is 0 Å². The maximum Gasteiger partial charge on any atom is 0.187 e. The van der Waals surface area contributed by atoms with Gasteiger partial charge in [0.2, 0.25) is 0 Å². The van der Waals surface area contributed by atoms with E-state index in [-0.39, 0.29) is 41.8 Å². The monoisotopic (exact) mass is 638 g/mol. The van der Waals surface area contributed by atoms with Crippen molar-refractivity contribution in [2.24, 2.45) is 40.4 Å². The average Bonchev–Trinajstić information content (AvgIpc) is 3.44. The lowest BCUT2D eigenvalue weighted by atomic mass is 9.45. The second kappa shape index (κ2) is 12.2. The molecule has 11 heteroatoms. The molecule has 0 aromatic heterocycles. The molecule has 0 bridgehead atoms. The first-order chi connectivity index (χ1) is 21.2. The standard InChI is InChI=1S/C34H54O11/c1-16(15-43-31-30(41)29(40)28(39)24(14-35)44-31)8-9-34(42-5)17(2)26-23(45-34)12-21-20-7-6-18-10-19(36)11-25(38)33(18,4)27(20)22(37)13-32(21,26)3/h6,17,19-31,35-41H,1,7-15H2,2-5H3. The van der Waals surface area contributed by atoms with Gasteiger partial charge >= 0.3 is 0 Å². The van der Waals surface area contributed by atoms with Gasteiger partial charge in [0.15, 0.2) is 12.1 Å². The number of allylic oxidation sites excluding steroid dienone is 1. The highest BCUT2D eigenvalue weighted by Crippen LogP contribution is 2.70. The van der Waals surface area contributed by atoms with Gasteiger partial charge in [-0.2, -0.15) is 0 Å². The molecule has 7 N–H and O–H groups in total. The van der Waals surface area contributed by atoms with Crippen LogP contribution < -0.4 is 0 Å². The van der Waals surface area contributed by atoms with E-state index in [1.807, 2.05) is 0 Å². The van der Waals surface area contributed by atoms with Crippen LogP contribution in [0.25, 0.3) is 0 Å². The predicted molar refractivity (Wildman–Crippen MR) is 161 cm³/mol. The van der Waals surface area contributed by atoms with E-state index in [1.165, 1.54) is 0 Å². The highest BCUT2D eigenvalue weighted by atomic mass is 16.7. The molecule has 2 saturated heterocycles. The van der Waals surface area contributed by atoms with Crippen LogP contribution in [0.3, 0.4) is 0 Å². The van der Waals surface area contributed by atoms with Gasteiger partial charge in [0.05, 0.1) is 37.6 Å². The summed E-state index contributed by atoms with van der Waals surface area (Å²) in [6.45, 7) is 10.2. The third-order valence-corrected chi connectivity index (χ3v) is 13.3. The molecule has 17 unspecified atom stereocenters. The largest absolute Gasteiger partial charge is 0.394 e. The fraction of sp³-hybridized carbons (Fsp3) is 0.882. The van der Waals surface area contributed by atoms with Gasteiger partial charge in [-0.1, -0.05) is 44.6 Å². The molecule has 0 spiro atoms. The van der Waals surface area contributed by atoms with Crippen LogP contribution in [0.5, 0.6) is 0 Å². The molecule has 11 nitrogen and oxygen atoms in total. The number of hydrogen-bond acceptors (Lipinski definition) is 11. The number of aliphatic hydroxyl groups is 7. The normalized spacial score (nSPS) is 54.1. The van der Waals surface area contributed by atoms with Crippen LogP contribution in [0.15, 0.2) is 23.8 Å². The molecule has 45 heavy (non-hydrogen) atoms. The van der Waals surface area contributed by atoms with Crippen LogP contribution in [0, 0.1) is 40.4 Å². The summed E-state index contributed by atoms with van der Waals surface area (Å²) < 4.78 is 24.1. The molecule has 6 aliphatic rings. The minimum atomic E-state index is -1.51. The van der Waals surface area contributed by atoms with E-state index in [4.69, 9.17) is 18.9 Å². The second-order valence-corrected chi connectivity index (χ2v) is 15.4. The van der Waals surface area contributed by atoms with Crippen molar-refractivity contribution < 1.29 is 54.7 Å². The quantitative estimate of drug-likeness (QED) is 0.189. The number of fused-ring (bicyclic) bond motifs is 7. The van der Waals surface area contributed by atoms with Gasteiger partial charge in [-0.05, 0) is 61.2 Å². The van der Waals surface area contributed by atoms with E-state index in [0.717, 1.165) is 18.4 Å². The molecule has 3 saturated carbocycles. The van der Waals surface area contributed by atoms with E-state index >= 15 is 0 Å². The lowest BCUT2D eigenvalue weighted by Crippen LogP contribution is -2.60. The number of hydrogen-bond donors (Lipinski definition) is 7. The van der Waals surface area contributed by atoms with Crippen molar-refractivity contribution in [2.45, 2.75) is 127 Å². The number of ether oxygens (including phenoxy) is 4. The third kappa shape index (κ3) is 5.20. The van der Waals surface area contributed by atoms with Gasteiger partial charge in [0.1, 0.15) is 24.4 Å². The van der Waals surface area contributed by atoms with Gasteiger partial charge in [0, 0.05) is 31.3 Å². The predicted octanol–water partition coefficient (Wildman–Crippen LogP) is 1.01. The Morgan fingerprint density at radius 1 is 1.04 bits per heavy atom. The minimum absolute atomic E-state index is 0.0317. The van der Waals surface area contributed by atoms with Crippen molar-refractivity contribution in [3.8, 4) is 0 Å². The van der Waals surface area contributed by atoms with Gasteiger partial charge in [-0.3, -0.25) is 0 Å². The first kappa shape index (κ1) is 33.9. The lowest BCUT2D eigenvalue weighted by Gasteiger charge is -2.61. The molecular formula is C34H54O11. The zero-order valence-electron chi connectivity index (χ0n) is 27.0. The molecule has 0 aromatic carbocycles. The first-order valence-corrected chi connectivity index (χ1v) is 16.8. The summed E-state index contributed by atoms with van der Waals surface area (Å²) in [5.41, 5.74) is 1.09. The summed E-state index contributed by atoms with van der Waals surface area (Å²) in [4.78, 5) is 0. The van der Waals surface area contributed by atoms with Crippen LogP contribution in [0.4, 0.5) is 0 Å². The third-order valence-electron chi connectivity index (χ3n) is 13.3. The van der Waals surface area contributed by atoms with Crippen LogP contribution in [-0.4, -0.2) is 117 Å². The Kier molecular flexibility index (Phi) is 9.18. The fourth-order valence-electron chi connectivity index (χ4n) is 11.0. The summed E-state index contributed by atoms with van der Waals surface area (Å²) in [7, 11) is 1.67. The molecule has 2 aliphatic heterocycles. The van der Waals surface area contributed by atoms with Crippen LogP contribution >= 0.6 is 0 Å². The Morgan fingerprint density at radius 3 is 2.47 bits per heavy atom. The zero-order chi connectivity index (χ0) is 32.6. The summed E-state index contributed by atoms with van der Waals surface area (Å²) in [5, 5.41) is 73.3. The van der Waals surface area contributed by atoms with Crippen molar-refractivity contribution in [1.82, 2.24) is 0 Å². The molecule has 0 amide bonds. The molecule has 4 aliphatic carbocycles. The first-order valence-electron chi connectivity index (χ1n) is 16.8. The Morgan fingerprint density at radius 2 is 1.78 bits per heavy atom. The smallest absolute Gasteiger partial charge is 0.187 e. The minimum Gasteiger partial charge on any atom is -0.394 e. The molecule has 17 atom stereocenters. The van der Waals surface area contributed by atoms with Crippen molar-refractivity contribution in [2.75, 3.05) is 20.3 Å². The highest BCUT2D eigenvalue weighted by Gasteiger charge is 2.70. The second-order valence-electron chi connectivity index (χ2n) is 15.4. The van der Waals surface area contributed by atoms with Crippen LogP contribution in [0.2, 0.25) is 0 Å². The maximum absolute atomic E-state index is 11.9. The van der Waals surface area contributed by atoms with Gasteiger partial charge in [-0.15, -0.1) is 0 Å². The molecule has 5 fully saturated rings. The van der Waals surface area contributed by atoms with Crippen molar-refractivity contribution >= 4 is 0 Å². The maximum atomic E-state index is 11.9. The molecule has 6 rings (SSSR count). The van der Waals surface area contributed by atoms with E-state index in [9.17, 15) is 35.7 Å². The van der Waals surface area contributed by atoms with Crippen LogP contribution in [0.1, 0.15) is 65.7 Å². The van der Waals surface area contributed by atoms with Crippen molar-refractivity contribution in [3.05, 3.63) is 23.8 Å². The SMILES string of the molecule is C=C(CCC1(OC)OC2CC3C4CC=C5CC(O)CC(O)C5(C)C4C(O)CC3(C)C2C1C)COC1OC(CO)C(O)C(O)C1O. The Hall–Kier alpha value is -0.960. The van der Waals surface area contributed by atoms with Crippen LogP contribution in [-0.2, 0) is 18.9 Å². The summed E-state index contributed by atoms with van der Waals surface area (Å²) in [6.07, 6.45) is -2.01.